The van der Waals surface area contributed by atoms with Crippen molar-refractivity contribution in [3.8, 4) is 0 Å². The van der Waals surface area contributed by atoms with E-state index in [1.54, 1.807) is 12.1 Å². The van der Waals surface area contributed by atoms with Crippen molar-refractivity contribution in [1.29, 1.82) is 0 Å². The minimum atomic E-state index is -4.43. The van der Waals surface area contributed by atoms with Gasteiger partial charge < -0.3 is 10.0 Å². The number of pyridine rings is 1. The topological polar surface area (TPSA) is 36.4 Å². The summed E-state index contributed by atoms with van der Waals surface area (Å²) < 4.78 is 39.4. The molecule has 22 heavy (non-hydrogen) atoms. The molecule has 2 heterocycles. The Kier molecular flexibility index (Phi) is 3.72. The van der Waals surface area contributed by atoms with Crippen LogP contribution in [0.25, 0.3) is 10.9 Å². The molecular weight excluding hydrogens is 293 g/mol. The number of β-amino-alcohol motifs (C(OH)–C–C–N with tert-alkyl or cyclic N) is 1. The van der Waals surface area contributed by atoms with E-state index in [4.69, 9.17) is 0 Å². The summed E-state index contributed by atoms with van der Waals surface area (Å²) in [7, 11) is 0. The first-order valence-electron chi connectivity index (χ1n) is 7.24. The highest BCUT2D eigenvalue weighted by Crippen LogP contribution is 2.38. The first-order chi connectivity index (χ1) is 10.4. The molecule has 2 aromatic rings. The van der Waals surface area contributed by atoms with Crippen LogP contribution in [0.2, 0.25) is 0 Å². The number of halogens is 3. The summed E-state index contributed by atoms with van der Waals surface area (Å²) in [6, 6.07) is 5.85. The van der Waals surface area contributed by atoms with Crippen molar-refractivity contribution >= 4 is 16.6 Å². The van der Waals surface area contributed by atoms with Crippen LogP contribution in [0, 0.1) is 5.92 Å². The maximum absolute atomic E-state index is 13.1. The molecule has 1 saturated heterocycles. The molecule has 1 aromatic carbocycles. The summed E-state index contributed by atoms with van der Waals surface area (Å²) in [4.78, 5) is 5.88. The predicted molar refractivity (Wildman–Crippen MR) is 78.7 cm³/mol. The average Bonchev–Trinajstić information content (AvgIpc) is 2.44. The zero-order chi connectivity index (χ0) is 15.9. The van der Waals surface area contributed by atoms with Gasteiger partial charge in [0.1, 0.15) is 0 Å². The third kappa shape index (κ3) is 2.75. The lowest BCUT2D eigenvalue weighted by molar-refractivity contribution is -0.136. The van der Waals surface area contributed by atoms with Crippen molar-refractivity contribution in [2.45, 2.75) is 25.6 Å². The highest BCUT2D eigenvalue weighted by atomic mass is 19.4. The van der Waals surface area contributed by atoms with Crippen LogP contribution < -0.4 is 4.90 Å². The third-order valence-corrected chi connectivity index (χ3v) is 4.03. The molecule has 1 aliphatic heterocycles. The van der Waals surface area contributed by atoms with Crippen LogP contribution >= 0.6 is 0 Å². The Bertz CT molecular complexity index is 677. The molecule has 0 amide bonds. The number of hydrogen-bond donors (Lipinski definition) is 1. The number of aliphatic hydroxyl groups excluding tert-OH is 1. The van der Waals surface area contributed by atoms with Gasteiger partial charge >= 0.3 is 6.18 Å². The number of alkyl halides is 3. The molecule has 0 radical (unpaired) electrons. The minimum absolute atomic E-state index is 0.0415. The number of benzene rings is 1. The Labute approximate surface area is 126 Å². The predicted octanol–water partition coefficient (Wildman–Crippen LogP) is 3.46. The van der Waals surface area contributed by atoms with E-state index in [1.807, 2.05) is 11.8 Å². The molecule has 1 N–H and O–H groups in total. The van der Waals surface area contributed by atoms with E-state index >= 15 is 0 Å². The molecule has 0 aliphatic carbocycles. The summed E-state index contributed by atoms with van der Waals surface area (Å²) in [5, 5.41) is 10.4. The molecule has 1 aliphatic rings. The van der Waals surface area contributed by atoms with Gasteiger partial charge in [-0.3, -0.25) is 4.98 Å². The van der Waals surface area contributed by atoms with E-state index in [0.717, 1.165) is 6.07 Å². The van der Waals surface area contributed by atoms with E-state index in [0.29, 0.717) is 30.6 Å². The molecule has 0 bridgehead atoms. The summed E-state index contributed by atoms with van der Waals surface area (Å²) in [5.74, 6) is 0.290. The van der Waals surface area contributed by atoms with Crippen molar-refractivity contribution < 1.29 is 18.3 Å². The second kappa shape index (κ2) is 5.43. The molecule has 1 fully saturated rings. The second-order valence-corrected chi connectivity index (χ2v) is 5.93. The Morgan fingerprint density at radius 2 is 2.00 bits per heavy atom. The van der Waals surface area contributed by atoms with Crippen molar-refractivity contribution in [3.63, 3.8) is 0 Å². The number of rotatable bonds is 1. The molecule has 0 unspecified atom stereocenters. The number of fused-ring (bicyclic) bond motifs is 1. The maximum atomic E-state index is 13.1. The lowest BCUT2D eigenvalue weighted by atomic mass is 9.96. The second-order valence-electron chi connectivity index (χ2n) is 5.93. The van der Waals surface area contributed by atoms with E-state index in [-0.39, 0.29) is 11.4 Å². The van der Waals surface area contributed by atoms with Crippen LogP contribution in [0.1, 0.15) is 18.9 Å². The fourth-order valence-corrected chi connectivity index (χ4v) is 3.18. The van der Waals surface area contributed by atoms with E-state index in [1.165, 1.54) is 12.3 Å². The molecular formula is C16H17F3N2O. The summed E-state index contributed by atoms with van der Waals surface area (Å²) in [6.45, 7) is 3.17. The summed E-state index contributed by atoms with van der Waals surface area (Å²) in [6.07, 6.45) is -2.81. The molecule has 0 spiro atoms. The van der Waals surface area contributed by atoms with Gasteiger partial charge in [-0.05, 0) is 36.6 Å². The third-order valence-electron chi connectivity index (χ3n) is 4.03. The number of nitrogens with zero attached hydrogens (tertiary/aromatic N) is 2. The molecule has 6 heteroatoms. The molecule has 3 nitrogen and oxygen atoms in total. The number of aromatic nitrogens is 1. The lowest BCUT2D eigenvalue weighted by Crippen LogP contribution is -2.42. The minimum Gasteiger partial charge on any atom is -0.391 e. The van der Waals surface area contributed by atoms with Crippen LogP contribution in [-0.2, 0) is 6.18 Å². The van der Waals surface area contributed by atoms with Gasteiger partial charge in [0.15, 0.2) is 0 Å². The van der Waals surface area contributed by atoms with Gasteiger partial charge in [-0.1, -0.05) is 6.92 Å². The lowest BCUT2D eigenvalue weighted by Gasteiger charge is -2.36. The largest absolute Gasteiger partial charge is 0.418 e. The van der Waals surface area contributed by atoms with Crippen LogP contribution in [0.4, 0.5) is 18.9 Å². The molecule has 118 valence electrons. The van der Waals surface area contributed by atoms with Crippen LogP contribution in [0.3, 0.4) is 0 Å². The average molecular weight is 310 g/mol. The number of piperidine rings is 1. The molecule has 1 aromatic heterocycles. The smallest absolute Gasteiger partial charge is 0.391 e. The van der Waals surface area contributed by atoms with Gasteiger partial charge in [-0.2, -0.15) is 13.2 Å². The maximum Gasteiger partial charge on any atom is 0.418 e. The Balaban J connectivity index is 2.12. The standard InChI is InChI=1S/C16H17F3N2O/c1-10-7-11(22)9-21(8-10)14-5-4-13(16(17,18)19)15-12(14)3-2-6-20-15/h2-6,10-11,22H,7-9H2,1H3/t10-,11+/m1/s1. The summed E-state index contributed by atoms with van der Waals surface area (Å²) in [5.41, 5.74) is -0.0700. The number of anilines is 1. The highest BCUT2D eigenvalue weighted by Gasteiger charge is 2.34. The van der Waals surface area contributed by atoms with E-state index in [2.05, 4.69) is 4.98 Å². The monoisotopic (exact) mass is 310 g/mol. The van der Waals surface area contributed by atoms with Crippen LogP contribution in [0.15, 0.2) is 30.5 Å². The van der Waals surface area contributed by atoms with E-state index < -0.39 is 17.8 Å². The highest BCUT2D eigenvalue weighted by molar-refractivity contribution is 5.94. The SMILES string of the molecule is C[C@@H]1C[C@H](O)CN(c2ccc(C(F)(F)F)c3ncccc23)C1. The first kappa shape index (κ1) is 15.1. The van der Waals surface area contributed by atoms with Gasteiger partial charge in [-0.25, -0.2) is 0 Å². The first-order valence-corrected chi connectivity index (χ1v) is 7.24. The quantitative estimate of drug-likeness (QED) is 0.876. The Morgan fingerprint density at radius 3 is 2.68 bits per heavy atom. The van der Waals surface area contributed by atoms with Gasteiger partial charge in [0.25, 0.3) is 0 Å². The summed E-state index contributed by atoms with van der Waals surface area (Å²) >= 11 is 0. The fourth-order valence-electron chi connectivity index (χ4n) is 3.18. The Morgan fingerprint density at radius 1 is 1.23 bits per heavy atom. The van der Waals surface area contributed by atoms with Gasteiger partial charge in [0, 0.05) is 30.4 Å². The Hall–Kier alpha value is -1.82. The van der Waals surface area contributed by atoms with Crippen molar-refractivity contribution in [2.75, 3.05) is 18.0 Å². The zero-order valence-electron chi connectivity index (χ0n) is 12.1. The van der Waals surface area contributed by atoms with Crippen molar-refractivity contribution in [1.82, 2.24) is 4.98 Å². The fraction of sp³-hybridized carbons (Fsp3) is 0.438. The molecule has 2 atom stereocenters. The normalized spacial score (nSPS) is 23.0. The van der Waals surface area contributed by atoms with Crippen LogP contribution in [-0.4, -0.2) is 29.3 Å². The van der Waals surface area contributed by atoms with Gasteiger partial charge in [0.2, 0.25) is 0 Å². The van der Waals surface area contributed by atoms with Crippen molar-refractivity contribution in [3.05, 3.63) is 36.0 Å². The van der Waals surface area contributed by atoms with Crippen molar-refractivity contribution in [2.24, 2.45) is 5.92 Å². The van der Waals surface area contributed by atoms with Gasteiger partial charge in [0.05, 0.1) is 17.2 Å². The van der Waals surface area contributed by atoms with Gasteiger partial charge in [-0.15, -0.1) is 0 Å². The zero-order valence-corrected chi connectivity index (χ0v) is 12.1. The number of hydrogen-bond acceptors (Lipinski definition) is 3. The molecule has 3 rings (SSSR count). The number of aliphatic hydroxyl groups is 1. The van der Waals surface area contributed by atoms with Crippen LogP contribution in [0.5, 0.6) is 0 Å². The molecule has 0 saturated carbocycles. The van der Waals surface area contributed by atoms with E-state index in [9.17, 15) is 18.3 Å².